The Morgan fingerprint density at radius 2 is 1.38 bits per heavy atom. The Morgan fingerprint density at radius 1 is 0.762 bits per heavy atom. The van der Waals surface area contributed by atoms with Crippen LogP contribution in [0, 0.1) is 18.6 Å². The Bertz CT molecular complexity index is 797. The van der Waals surface area contributed by atoms with E-state index in [0.29, 0.717) is 0 Å². The number of hydrogen-bond acceptors (Lipinski definition) is 1. The largest absolute Gasteiger partial charge is 0.255 e. The highest BCUT2D eigenvalue weighted by Crippen LogP contribution is 2.26. The molecule has 1 aromatic heterocycles. The average molecular weight is 281 g/mol. The molecule has 0 saturated carbocycles. The normalized spacial score (nSPS) is 10.6. The lowest BCUT2D eigenvalue weighted by atomic mass is 10.0. The first-order valence-corrected chi connectivity index (χ1v) is 6.62. The molecule has 0 radical (unpaired) electrons. The Balaban J connectivity index is 2.04. The lowest BCUT2D eigenvalue weighted by Gasteiger charge is -2.08. The van der Waals surface area contributed by atoms with Gasteiger partial charge < -0.3 is 0 Å². The van der Waals surface area contributed by atoms with Crippen LogP contribution in [0.1, 0.15) is 5.56 Å². The van der Waals surface area contributed by atoms with Gasteiger partial charge in [0.05, 0.1) is 5.69 Å². The molecule has 1 heterocycles. The van der Waals surface area contributed by atoms with E-state index in [-0.39, 0.29) is 11.6 Å². The predicted molar refractivity (Wildman–Crippen MR) is 79.8 cm³/mol. The molecule has 3 rings (SSSR count). The Hall–Kier alpha value is -2.55. The van der Waals surface area contributed by atoms with E-state index >= 15 is 0 Å². The highest BCUT2D eigenvalue weighted by Gasteiger charge is 2.07. The van der Waals surface area contributed by atoms with E-state index < -0.39 is 0 Å². The van der Waals surface area contributed by atoms with Gasteiger partial charge in [0.1, 0.15) is 11.6 Å². The van der Waals surface area contributed by atoms with Gasteiger partial charge in [-0.2, -0.15) is 0 Å². The van der Waals surface area contributed by atoms with Crippen molar-refractivity contribution in [2.24, 2.45) is 0 Å². The molecule has 2 aromatic carbocycles. The van der Waals surface area contributed by atoms with Crippen molar-refractivity contribution in [2.75, 3.05) is 0 Å². The van der Waals surface area contributed by atoms with Crippen LogP contribution >= 0.6 is 0 Å². The molecule has 0 bridgehead atoms. The minimum atomic E-state index is -0.289. The number of halogens is 2. The highest BCUT2D eigenvalue weighted by atomic mass is 19.1. The second-order valence-corrected chi connectivity index (χ2v) is 4.91. The van der Waals surface area contributed by atoms with Crippen LogP contribution in [0.4, 0.5) is 8.78 Å². The molecule has 0 fully saturated rings. The summed E-state index contributed by atoms with van der Waals surface area (Å²) in [5, 5.41) is 0. The fraction of sp³-hybridized carbons (Fsp3) is 0.0556. The van der Waals surface area contributed by atoms with Gasteiger partial charge in [0.2, 0.25) is 0 Å². The van der Waals surface area contributed by atoms with Crippen LogP contribution in [-0.4, -0.2) is 4.98 Å². The molecule has 0 unspecified atom stereocenters. The van der Waals surface area contributed by atoms with Crippen molar-refractivity contribution in [1.29, 1.82) is 0 Å². The van der Waals surface area contributed by atoms with Crippen molar-refractivity contribution in [1.82, 2.24) is 4.98 Å². The lowest BCUT2D eigenvalue weighted by Crippen LogP contribution is -1.91. The summed E-state index contributed by atoms with van der Waals surface area (Å²) in [6.45, 7) is 1.91. The van der Waals surface area contributed by atoms with Gasteiger partial charge in [0, 0.05) is 17.3 Å². The molecule has 0 spiro atoms. The Labute approximate surface area is 121 Å². The SMILES string of the molecule is Cc1cc(-c2cccc(F)c2)cnc1-c1cccc(F)c1. The van der Waals surface area contributed by atoms with Crippen LogP contribution < -0.4 is 0 Å². The molecule has 0 aliphatic rings. The van der Waals surface area contributed by atoms with Gasteiger partial charge in [0.25, 0.3) is 0 Å². The first-order chi connectivity index (χ1) is 10.1. The topological polar surface area (TPSA) is 12.9 Å². The van der Waals surface area contributed by atoms with E-state index in [1.54, 1.807) is 18.3 Å². The molecule has 0 atom stereocenters. The summed E-state index contributed by atoms with van der Waals surface area (Å²) in [6, 6.07) is 14.6. The monoisotopic (exact) mass is 281 g/mol. The Morgan fingerprint density at radius 3 is 2.00 bits per heavy atom. The van der Waals surface area contributed by atoms with Crippen molar-refractivity contribution >= 4 is 0 Å². The van der Waals surface area contributed by atoms with Gasteiger partial charge in [0.15, 0.2) is 0 Å². The van der Waals surface area contributed by atoms with E-state index in [0.717, 1.165) is 27.9 Å². The van der Waals surface area contributed by atoms with E-state index in [1.165, 1.54) is 24.3 Å². The van der Waals surface area contributed by atoms with Gasteiger partial charge in [-0.3, -0.25) is 4.98 Å². The van der Waals surface area contributed by atoms with E-state index in [4.69, 9.17) is 0 Å². The number of aryl methyl sites for hydroxylation is 1. The van der Waals surface area contributed by atoms with E-state index in [2.05, 4.69) is 4.98 Å². The maximum Gasteiger partial charge on any atom is 0.123 e. The Kier molecular flexibility index (Phi) is 3.48. The fourth-order valence-electron chi connectivity index (χ4n) is 2.34. The molecule has 0 aliphatic carbocycles. The summed E-state index contributed by atoms with van der Waals surface area (Å²) in [7, 11) is 0. The molecular weight excluding hydrogens is 268 g/mol. The molecule has 0 saturated heterocycles. The number of aromatic nitrogens is 1. The fourth-order valence-corrected chi connectivity index (χ4v) is 2.34. The van der Waals surface area contributed by atoms with Gasteiger partial charge >= 0.3 is 0 Å². The summed E-state index contributed by atoms with van der Waals surface area (Å²) >= 11 is 0. The number of pyridine rings is 1. The van der Waals surface area contributed by atoms with Crippen LogP contribution in [0.3, 0.4) is 0 Å². The number of rotatable bonds is 2. The number of nitrogens with zero attached hydrogens (tertiary/aromatic N) is 1. The minimum Gasteiger partial charge on any atom is -0.255 e. The molecule has 104 valence electrons. The van der Waals surface area contributed by atoms with Crippen LogP contribution in [0.2, 0.25) is 0 Å². The summed E-state index contributed by atoms with van der Waals surface area (Å²) in [5.41, 5.74) is 4.00. The zero-order valence-corrected chi connectivity index (χ0v) is 11.5. The average Bonchev–Trinajstić information content (AvgIpc) is 2.47. The summed E-state index contributed by atoms with van der Waals surface area (Å²) < 4.78 is 26.6. The van der Waals surface area contributed by atoms with Crippen LogP contribution in [-0.2, 0) is 0 Å². The molecule has 0 amide bonds. The quantitative estimate of drug-likeness (QED) is 0.644. The van der Waals surface area contributed by atoms with Gasteiger partial charge in [-0.1, -0.05) is 24.3 Å². The van der Waals surface area contributed by atoms with Crippen LogP contribution in [0.5, 0.6) is 0 Å². The first kappa shape index (κ1) is 13.4. The van der Waals surface area contributed by atoms with Crippen LogP contribution in [0.15, 0.2) is 60.8 Å². The lowest BCUT2D eigenvalue weighted by molar-refractivity contribution is 0.628. The summed E-state index contributed by atoms with van der Waals surface area (Å²) in [4.78, 5) is 4.41. The third-order valence-corrected chi connectivity index (χ3v) is 3.33. The zero-order valence-electron chi connectivity index (χ0n) is 11.5. The summed E-state index contributed by atoms with van der Waals surface area (Å²) in [5.74, 6) is -0.567. The van der Waals surface area contributed by atoms with Crippen molar-refractivity contribution in [3.8, 4) is 22.4 Å². The molecular formula is C18H13F2N. The van der Waals surface area contributed by atoms with Gasteiger partial charge in [-0.25, -0.2) is 8.78 Å². The third kappa shape index (κ3) is 2.82. The smallest absolute Gasteiger partial charge is 0.123 e. The van der Waals surface area contributed by atoms with Crippen molar-refractivity contribution < 1.29 is 8.78 Å². The maximum atomic E-state index is 13.3. The minimum absolute atomic E-state index is 0.278. The van der Waals surface area contributed by atoms with Gasteiger partial charge in [-0.05, 0) is 48.4 Å². The molecule has 3 heteroatoms. The molecule has 21 heavy (non-hydrogen) atoms. The zero-order chi connectivity index (χ0) is 14.8. The molecule has 3 aromatic rings. The third-order valence-electron chi connectivity index (χ3n) is 3.33. The number of benzene rings is 2. The standard InChI is InChI=1S/C18H13F2N/c1-12-8-15(13-4-2-6-16(19)9-13)11-21-18(12)14-5-3-7-17(20)10-14/h2-11H,1H3. The van der Waals surface area contributed by atoms with E-state index in [1.807, 2.05) is 25.1 Å². The molecule has 0 N–H and O–H groups in total. The van der Waals surface area contributed by atoms with Crippen molar-refractivity contribution in [3.05, 3.63) is 78.0 Å². The van der Waals surface area contributed by atoms with Crippen LogP contribution in [0.25, 0.3) is 22.4 Å². The van der Waals surface area contributed by atoms with Gasteiger partial charge in [-0.15, -0.1) is 0 Å². The first-order valence-electron chi connectivity index (χ1n) is 6.62. The second kappa shape index (κ2) is 5.44. The summed E-state index contributed by atoms with van der Waals surface area (Å²) in [6.07, 6.45) is 1.68. The highest BCUT2D eigenvalue weighted by molar-refractivity contribution is 5.69. The molecule has 0 aliphatic heterocycles. The maximum absolute atomic E-state index is 13.3. The molecule has 1 nitrogen and oxygen atoms in total. The number of hydrogen-bond donors (Lipinski definition) is 0. The van der Waals surface area contributed by atoms with Crippen molar-refractivity contribution in [3.63, 3.8) is 0 Å². The predicted octanol–water partition coefficient (Wildman–Crippen LogP) is 5.00. The van der Waals surface area contributed by atoms with Crippen molar-refractivity contribution in [2.45, 2.75) is 6.92 Å². The second-order valence-electron chi connectivity index (χ2n) is 4.91. The van der Waals surface area contributed by atoms with E-state index in [9.17, 15) is 8.78 Å².